The molecule has 0 spiro atoms. The Morgan fingerprint density at radius 2 is 2.07 bits per heavy atom. The largest absolute Gasteiger partial charge is 0.497 e. The number of aromatic nitrogens is 4. The number of methoxy groups -OCH3 is 1. The van der Waals surface area contributed by atoms with Gasteiger partial charge < -0.3 is 14.8 Å². The van der Waals surface area contributed by atoms with E-state index < -0.39 is 5.92 Å². The smallest absolute Gasteiger partial charge is 0.235 e. The van der Waals surface area contributed by atoms with E-state index in [0.29, 0.717) is 30.3 Å². The molecule has 140 valence electrons. The molecule has 0 radical (unpaired) electrons. The van der Waals surface area contributed by atoms with Crippen LogP contribution in [-0.2, 0) is 11.2 Å². The zero-order valence-corrected chi connectivity index (χ0v) is 15.2. The highest BCUT2D eigenvalue weighted by Gasteiger charge is 2.26. The molecule has 27 heavy (non-hydrogen) atoms. The zero-order valence-electron chi connectivity index (χ0n) is 15.2. The van der Waals surface area contributed by atoms with E-state index in [1.54, 1.807) is 13.2 Å². The van der Waals surface area contributed by atoms with Gasteiger partial charge in [0, 0.05) is 0 Å². The van der Waals surface area contributed by atoms with E-state index in [2.05, 4.69) is 25.9 Å². The van der Waals surface area contributed by atoms with Gasteiger partial charge in [0.25, 0.3) is 0 Å². The lowest BCUT2D eigenvalue weighted by molar-refractivity contribution is -0.117. The molecule has 3 aromatic rings. The van der Waals surface area contributed by atoms with Crippen molar-refractivity contribution in [3.8, 4) is 11.5 Å². The zero-order chi connectivity index (χ0) is 19.1. The quantitative estimate of drug-likeness (QED) is 0.634. The van der Waals surface area contributed by atoms with Crippen molar-refractivity contribution in [3.63, 3.8) is 0 Å². The molecule has 8 heteroatoms. The summed E-state index contributed by atoms with van der Waals surface area (Å²) in [7, 11) is 1.60. The van der Waals surface area contributed by atoms with Gasteiger partial charge in [0.1, 0.15) is 17.4 Å². The minimum Gasteiger partial charge on any atom is -0.497 e. The topological polar surface area (TPSA) is 102 Å². The molecular formula is C19H21N5O3. The molecule has 1 heterocycles. The molecule has 1 atom stereocenters. The van der Waals surface area contributed by atoms with Gasteiger partial charge in [0.05, 0.1) is 19.4 Å². The van der Waals surface area contributed by atoms with Crippen molar-refractivity contribution in [1.29, 1.82) is 0 Å². The third kappa shape index (κ3) is 4.60. The number of anilines is 1. The monoisotopic (exact) mass is 367 g/mol. The van der Waals surface area contributed by atoms with Crippen molar-refractivity contribution in [2.45, 2.75) is 19.3 Å². The van der Waals surface area contributed by atoms with E-state index in [-0.39, 0.29) is 5.91 Å². The van der Waals surface area contributed by atoms with E-state index in [1.165, 1.54) is 0 Å². The van der Waals surface area contributed by atoms with E-state index in [4.69, 9.17) is 9.47 Å². The molecule has 0 bridgehead atoms. The molecular weight excluding hydrogens is 346 g/mol. The van der Waals surface area contributed by atoms with Gasteiger partial charge in [-0.25, -0.2) is 0 Å². The number of hydrogen-bond donors (Lipinski definition) is 2. The number of carbonyl (C=O) groups is 1. The molecule has 0 aliphatic carbocycles. The van der Waals surface area contributed by atoms with Crippen LogP contribution in [0.25, 0.3) is 0 Å². The Balaban J connectivity index is 1.84. The van der Waals surface area contributed by atoms with Gasteiger partial charge in [0.2, 0.25) is 5.91 Å². The van der Waals surface area contributed by atoms with E-state index in [9.17, 15) is 4.79 Å². The van der Waals surface area contributed by atoms with Crippen LogP contribution in [0, 0.1) is 0 Å². The summed E-state index contributed by atoms with van der Waals surface area (Å²) in [5, 5.41) is 16.9. The van der Waals surface area contributed by atoms with Gasteiger partial charge in [0.15, 0.2) is 5.82 Å². The predicted molar refractivity (Wildman–Crippen MR) is 99.9 cm³/mol. The molecule has 0 fully saturated rings. The molecule has 1 unspecified atom stereocenters. The number of carbonyl (C=O) groups excluding carboxylic acids is 1. The Kier molecular flexibility index (Phi) is 5.98. The van der Waals surface area contributed by atoms with Crippen LogP contribution in [-0.4, -0.2) is 40.2 Å². The maximum absolute atomic E-state index is 13.0. The molecule has 1 amide bonds. The van der Waals surface area contributed by atoms with Crippen LogP contribution in [0.4, 0.5) is 5.69 Å². The number of amides is 1. The number of aromatic amines is 1. The fourth-order valence-corrected chi connectivity index (χ4v) is 2.72. The fraction of sp³-hybridized carbons (Fsp3) is 0.263. The Bertz CT molecular complexity index is 883. The lowest BCUT2D eigenvalue weighted by Crippen LogP contribution is -2.24. The number of tetrazole rings is 1. The van der Waals surface area contributed by atoms with E-state index >= 15 is 0 Å². The normalized spacial score (nSPS) is 11.6. The molecule has 0 saturated carbocycles. The number of H-pyrrole nitrogens is 1. The summed E-state index contributed by atoms with van der Waals surface area (Å²) in [4.78, 5) is 13.0. The van der Waals surface area contributed by atoms with Gasteiger partial charge in [-0.05, 0) is 43.2 Å². The summed E-state index contributed by atoms with van der Waals surface area (Å²) in [6, 6.07) is 14.8. The summed E-state index contributed by atoms with van der Waals surface area (Å²) in [5.74, 6) is 0.796. The van der Waals surface area contributed by atoms with Crippen LogP contribution in [0.2, 0.25) is 0 Å². The minimum atomic E-state index is -0.620. The first-order chi connectivity index (χ1) is 13.2. The predicted octanol–water partition coefficient (Wildman–Crippen LogP) is 2.57. The summed E-state index contributed by atoms with van der Waals surface area (Å²) in [6.45, 7) is 2.40. The molecule has 0 aliphatic heterocycles. The van der Waals surface area contributed by atoms with Crippen LogP contribution in [0.15, 0.2) is 48.5 Å². The fourth-order valence-electron chi connectivity index (χ4n) is 2.72. The maximum atomic E-state index is 13.0. The molecule has 0 aliphatic rings. The Morgan fingerprint density at radius 1 is 1.22 bits per heavy atom. The van der Waals surface area contributed by atoms with Crippen molar-refractivity contribution >= 4 is 11.6 Å². The Labute approximate surface area is 156 Å². The minimum absolute atomic E-state index is 0.244. The SMILES string of the molecule is CCOc1ccccc1NC(=O)C(Cc1cccc(OC)c1)c1nn[nH]n1. The average Bonchev–Trinajstić information content (AvgIpc) is 3.22. The van der Waals surface area contributed by atoms with E-state index in [0.717, 1.165) is 11.3 Å². The van der Waals surface area contributed by atoms with Crippen molar-refractivity contribution in [2.75, 3.05) is 19.0 Å². The highest BCUT2D eigenvalue weighted by molar-refractivity contribution is 5.96. The number of para-hydroxylation sites is 2. The van der Waals surface area contributed by atoms with Gasteiger partial charge in [-0.3, -0.25) is 4.79 Å². The number of benzene rings is 2. The lowest BCUT2D eigenvalue weighted by atomic mass is 9.97. The van der Waals surface area contributed by atoms with Crippen molar-refractivity contribution < 1.29 is 14.3 Å². The number of nitrogens with one attached hydrogen (secondary N) is 2. The van der Waals surface area contributed by atoms with Crippen molar-refractivity contribution in [1.82, 2.24) is 20.6 Å². The van der Waals surface area contributed by atoms with Crippen LogP contribution < -0.4 is 14.8 Å². The second-order valence-electron chi connectivity index (χ2n) is 5.80. The van der Waals surface area contributed by atoms with Crippen LogP contribution in [0.3, 0.4) is 0 Å². The number of hydrogen-bond acceptors (Lipinski definition) is 6. The van der Waals surface area contributed by atoms with Crippen LogP contribution in [0.5, 0.6) is 11.5 Å². The first-order valence-corrected chi connectivity index (χ1v) is 8.60. The molecule has 2 aromatic carbocycles. The lowest BCUT2D eigenvalue weighted by Gasteiger charge is -2.16. The highest BCUT2D eigenvalue weighted by Crippen LogP contribution is 2.27. The summed E-state index contributed by atoms with van der Waals surface area (Å²) in [5.41, 5.74) is 1.53. The third-order valence-electron chi connectivity index (χ3n) is 4.01. The van der Waals surface area contributed by atoms with Crippen molar-refractivity contribution in [2.24, 2.45) is 0 Å². The molecule has 3 rings (SSSR count). The average molecular weight is 367 g/mol. The van der Waals surface area contributed by atoms with Gasteiger partial charge in [-0.15, -0.1) is 10.2 Å². The Morgan fingerprint density at radius 3 is 2.81 bits per heavy atom. The highest BCUT2D eigenvalue weighted by atomic mass is 16.5. The molecule has 0 saturated heterocycles. The first kappa shape index (κ1) is 18.4. The first-order valence-electron chi connectivity index (χ1n) is 8.60. The number of ether oxygens (including phenoxy) is 2. The van der Waals surface area contributed by atoms with Crippen LogP contribution >= 0.6 is 0 Å². The van der Waals surface area contributed by atoms with Crippen LogP contribution in [0.1, 0.15) is 24.2 Å². The summed E-state index contributed by atoms with van der Waals surface area (Å²) >= 11 is 0. The van der Waals surface area contributed by atoms with E-state index in [1.807, 2.05) is 49.4 Å². The molecule has 8 nitrogen and oxygen atoms in total. The standard InChI is InChI=1S/C19H21N5O3/c1-3-27-17-10-5-4-9-16(17)20-19(25)15(18-21-23-24-22-18)12-13-7-6-8-14(11-13)26-2/h4-11,15H,3,12H2,1-2H3,(H,20,25)(H,21,22,23,24). The Hall–Kier alpha value is -3.42. The summed E-state index contributed by atoms with van der Waals surface area (Å²) in [6.07, 6.45) is 0.402. The van der Waals surface area contributed by atoms with Gasteiger partial charge >= 0.3 is 0 Å². The summed E-state index contributed by atoms with van der Waals surface area (Å²) < 4.78 is 10.8. The maximum Gasteiger partial charge on any atom is 0.235 e. The molecule has 2 N–H and O–H groups in total. The third-order valence-corrected chi connectivity index (χ3v) is 4.01. The van der Waals surface area contributed by atoms with Crippen molar-refractivity contribution in [3.05, 3.63) is 59.9 Å². The molecule has 1 aromatic heterocycles. The van der Waals surface area contributed by atoms with Gasteiger partial charge in [-0.2, -0.15) is 5.21 Å². The second kappa shape index (κ2) is 8.79. The number of nitrogens with zero attached hydrogens (tertiary/aromatic N) is 3. The van der Waals surface area contributed by atoms with Gasteiger partial charge in [-0.1, -0.05) is 29.5 Å². The number of rotatable bonds is 8. The second-order valence-corrected chi connectivity index (χ2v) is 5.80.